The molecule has 4 aliphatic heterocycles. The summed E-state index contributed by atoms with van der Waals surface area (Å²) in [5.74, 6) is -2.43. The molecule has 0 aromatic carbocycles. The van der Waals surface area contributed by atoms with Gasteiger partial charge in [0.2, 0.25) is 5.79 Å². The molecule has 45 heavy (non-hydrogen) atoms. The van der Waals surface area contributed by atoms with E-state index in [1.54, 1.807) is 0 Å². The van der Waals surface area contributed by atoms with Gasteiger partial charge >= 0.3 is 0 Å². The Kier molecular flexibility index (Phi) is 12.5. The quantitative estimate of drug-likeness (QED) is 0.0973. The van der Waals surface area contributed by atoms with Crippen molar-refractivity contribution in [3.05, 3.63) is 0 Å². The van der Waals surface area contributed by atoms with E-state index in [-0.39, 0.29) is 0 Å². The van der Waals surface area contributed by atoms with Gasteiger partial charge in [-0.3, -0.25) is 0 Å². The zero-order valence-corrected chi connectivity index (χ0v) is 23.5. The Hall–Kier alpha value is -0.840. The fraction of sp³-hybridized carbons (Fsp3) is 1.00. The molecule has 4 heterocycles. The number of aliphatic hydroxyl groups is 14. The molecule has 4 saturated heterocycles. The van der Waals surface area contributed by atoms with E-state index in [0.717, 1.165) is 0 Å². The van der Waals surface area contributed by atoms with Crippen LogP contribution in [0.15, 0.2) is 0 Å². The van der Waals surface area contributed by atoms with Crippen LogP contribution in [-0.2, 0) is 33.2 Å². The second-order valence-corrected chi connectivity index (χ2v) is 11.2. The van der Waals surface area contributed by atoms with Crippen LogP contribution in [0.2, 0.25) is 0 Å². The fourth-order valence-electron chi connectivity index (χ4n) is 5.61. The number of hydrogen-bond acceptors (Lipinski definition) is 21. The van der Waals surface area contributed by atoms with Crippen LogP contribution in [0.3, 0.4) is 0 Å². The Bertz CT molecular complexity index is 927. The summed E-state index contributed by atoms with van der Waals surface area (Å²) in [6.07, 6.45) is -32.1. The Morgan fingerprint density at radius 1 is 0.444 bits per heavy atom. The van der Waals surface area contributed by atoms with Crippen LogP contribution in [0, 0.1) is 0 Å². The third kappa shape index (κ3) is 7.01. The van der Waals surface area contributed by atoms with Gasteiger partial charge in [-0.05, 0) is 0 Å². The molecule has 14 N–H and O–H groups in total. The molecule has 0 radical (unpaired) electrons. The molecular weight excluding hydrogens is 624 g/mol. The SMILES string of the molecule is OCC1OC(OC2C(CO)OC(OC3C(CO)OC(OC4(CO)OC(CO)C(O)C4O)C(O)C3O)C(O)C2O)C(O)C(O)C1O. The molecule has 4 fully saturated rings. The highest BCUT2D eigenvalue weighted by molar-refractivity contribution is 5.00. The molecule has 0 aliphatic carbocycles. The monoisotopic (exact) mass is 666 g/mol. The highest BCUT2D eigenvalue weighted by Crippen LogP contribution is 2.37. The van der Waals surface area contributed by atoms with Gasteiger partial charge < -0.3 is 105 Å². The number of rotatable bonds is 11. The van der Waals surface area contributed by atoms with E-state index in [1.807, 2.05) is 0 Å². The fourth-order valence-corrected chi connectivity index (χ4v) is 5.61. The maximum Gasteiger partial charge on any atom is 0.224 e. The minimum Gasteiger partial charge on any atom is -0.394 e. The minimum absolute atomic E-state index is 0.784. The molecule has 0 aromatic heterocycles. The van der Waals surface area contributed by atoms with Crippen LogP contribution in [0.5, 0.6) is 0 Å². The molecule has 0 spiro atoms. The first-order valence-corrected chi connectivity index (χ1v) is 14.1. The molecule has 19 atom stereocenters. The van der Waals surface area contributed by atoms with Gasteiger partial charge in [-0.15, -0.1) is 0 Å². The van der Waals surface area contributed by atoms with Crippen LogP contribution in [0.1, 0.15) is 0 Å². The van der Waals surface area contributed by atoms with E-state index in [2.05, 4.69) is 0 Å². The van der Waals surface area contributed by atoms with E-state index in [4.69, 9.17) is 33.2 Å². The standard InChI is InChI=1S/C24H42O21/c25-1-6-10(30)12(32)15(35)21(39-6)42-18-8(3-27)40-22(16(36)13(18)33)43-19-9(4-28)41-23(17(37)14(19)34)45-24(5-29)20(38)11(31)7(2-26)44-24/h6-23,25-38H,1-5H2. The van der Waals surface area contributed by atoms with Gasteiger partial charge in [-0.25, -0.2) is 0 Å². The first kappa shape index (κ1) is 37.0. The van der Waals surface area contributed by atoms with Crippen LogP contribution in [-0.4, -0.2) is 221 Å². The maximum atomic E-state index is 10.9. The highest BCUT2D eigenvalue weighted by atomic mass is 16.8. The molecule has 0 amide bonds. The average molecular weight is 667 g/mol. The molecule has 264 valence electrons. The Morgan fingerprint density at radius 2 is 0.867 bits per heavy atom. The van der Waals surface area contributed by atoms with Crippen molar-refractivity contribution in [3.63, 3.8) is 0 Å². The lowest BCUT2D eigenvalue weighted by atomic mass is 9.96. The largest absolute Gasteiger partial charge is 0.394 e. The average Bonchev–Trinajstić information content (AvgIpc) is 3.28. The van der Waals surface area contributed by atoms with Crippen LogP contribution in [0.4, 0.5) is 0 Å². The van der Waals surface area contributed by atoms with Crippen molar-refractivity contribution in [1.29, 1.82) is 0 Å². The summed E-state index contributed by atoms with van der Waals surface area (Å²) in [6, 6.07) is 0. The molecule has 19 unspecified atom stereocenters. The van der Waals surface area contributed by atoms with Crippen molar-refractivity contribution in [3.8, 4) is 0 Å². The summed E-state index contributed by atoms with van der Waals surface area (Å²) < 4.78 is 37.9. The third-order valence-electron chi connectivity index (χ3n) is 8.29. The Balaban J connectivity index is 1.45. The topological polar surface area (TPSA) is 348 Å². The number of ether oxygens (including phenoxy) is 7. The van der Waals surface area contributed by atoms with Crippen molar-refractivity contribution in [2.75, 3.05) is 33.0 Å². The minimum atomic E-state index is -2.43. The van der Waals surface area contributed by atoms with E-state index in [0.29, 0.717) is 0 Å². The zero-order chi connectivity index (χ0) is 33.4. The molecule has 0 aromatic rings. The van der Waals surface area contributed by atoms with E-state index < -0.39 is 149 Å². The van der Waals surface area contributed by atoms with Crippen molar-refractivity contribution < 1.29 is 105 Å². The van der Waals surface area contributed by atoms with E-state index in [9.17, 15) is 71.5 Å². The maximum absolute atomic E-state index is 10.9. The summed E-state index contributed by atoms with van der Waals surface area (Å²) >= 11 is 0. The molecule has 0 saturated carbocycles. The van der Waals surface area contributed by atoms with Gasteiger partial charge in [0.15, 0.2) is 18.9 Å². The van der Waals surface area contributed by atoms with Gasteiger partial charge in [0.25, 0.3) is 0 Å². The van der Waals surface area contributed by atoms with Crippen LogP contribution in [0.25, 0.3) is 0 Å². The Labute approximate surface area is 254 Å². The van der Waals surface area contributed by atoms with Crippen molar-refractivity contribution >= 4 is 0 Å². The summed E-state index contributed by atoms with van der Waals surface area (Å²) in [6.45, 7) is -4.50. The highest BCUT2D eigenvalue weighted by Gasteiger charge is 2.59. The third-order valence-corrected chi connectivity index (χ3v) is 8.29. The van der Waals surface area contributed by atoms with Gasteiger partial charge in [0, 0.05) is 0 Å². The Morgan fingerprint density at radius 3 is 1.31 bits per heavy atom. The summed E-state index contributed by atoms with van der Waals surface area (Å²) in [7, 11) is 0. The molecule has 0 bridgehead atoms. The first-order chi connectivity index (χ1) is 21.3. The predicted molar refractivity (Wildman–Crippen MR) is 134 cm³/mol. The van der Waals surface area contributed by atoms with Crippen molar-refractivity contribution in [2.45, 2.75) is 116 Å². The summed E-state index contributed by atoms with van der Waals surface area (Å²) in [5.41, 5.74) is 0. The zero-order valence-electron chi connectivity index (χ0n) is 23.5. The van der Waals surface area contributed by atoms with Gasteiger partial charge in [-0.1, -0.05) is 0 Å². The van der Waals surface area contributed by atoms with E-state index in [1.165, 1.54) is 0 Å². The molecule has 4 rings (SSSR count). The molecular formula is C24H42O21. The number of aliphatic hydroxyl groups excluding tert-OH is 14. The first-order valence-electron chi connectivity index (χ1n) is 14.1. The van der Waals surface area contributed by atoms with E-state index >= 15 is 0 Å². The van der Waals surface area contributed by atoms with Crippen LogP contribution < -0.4 is 0 Å². The number of hydrogen-bond donors (Lipinski definition) is 14. The second-order valence-electron chi connectivity index (χ2n) is 11.2. The molecule has 4 aliphatic rings. The lowest BCUT2D eigenvalue weighted by Gasteiger charge is -2.48. The summed E-state index contributed by atoms with van der Waals surface area (Å²) in [5, 5.41) is 142. The van der Waals surface area contributed by atoms with Gasteiger partial charge in [0.1, 0.15) is 98.2 Å². The normalized spacial score (nSPS) is 52.7. The van der Waals surface area contributed by atoms with Crippen molar-refractivity contribution in [1.82, 2.24) is 0 Å². The predicted octanol–water partition coefficient (Wildman–Crippen LogP) is -9.75. The molecule has 21 nitrogen and oxygen atoms in total. The molecule has 21 heteroatoms. The lowest BCUT2D eigenvalue weighted by molar-refractivity contribution is -0.402. The summed E-state index contributed by atoms with van der Waals surface area (Å²) in [4.78, 5) is 0. The van der Waals surface area contributed by atoms with Gasteiger partial charge in [0.05, 0.1) is 26.4 Å². The van der Waals surface area contributed by atoms with Crippen LogP contribution >= 0.6 is 0 Å². The lowest BCUT2D eigenvalue weighted by Crippen LogP contribution is -2.67. The second kappa shape index (κ2) is 15.1. The van der Waals surface area contributed by atoms with Crippen molar-refractivity contribution in [2.24, 2.45) is 0 Å². The smallest absolute Gasteiger partial charge is 0.224 e. The van der Waals surface area contributed by atoms with Gasteiger partial charge in [-0.2, -0.15) is 0 Å².